The number of halogens is 2. The number of rotatable bonds is 3. The van der Waals surface area contributed by atoms with Crippen LogP contribution in [0.2, 0.25) is 0 Å². The quantitative estimate of drug-likeness (QED) is 0.844. The molecule has 1 N–H and O–H groups in total. The Kier molecular flexibility index (Phi) is 7.93. The molecule has 6 heteroatoms. The summed E-state index contributed by atoms with van der Waals surface area (Å²) in [5, 5.41) is 3.45. The Morgan fingerprint density at radius 3 is 2.05 bits per heavy atom. The number of carbonyl (C=O) groups excluding carboxylic acids is 1. The second-order valence-corrected chi connectivity index (χ2v) is 7.21. The summed E-state index contributed by atoms with van der Waals surface area (Å²) in [4.78, 5) is 17.6. The van der Waals surface area contributed by atoms with Gasteiger partial charge in [-0.05, 0) is 43.7 Å². The summed E-state index contributed by atoms with van der Waals surface area (Å²) in [6.07, 6.45) is 3.84. The van der Waals surface area contributed by atoms with Gasteiger partial charge < -0.3 is 10.2 Å². The first kappa shape index (κ1) is 20.0. The monoisotopic (exact) mass is 351 g/mol. The predicted octanol–water partition coefficient (Wildman–Crippen LogP) is 2.02. The topological polar surface area (TPSA) is 35.6 Å². The van der Waals surface area contributed by atoms with E-state index >= 15 is 0 Å². The van der Waals surface area contributed by atoms with E-state index in [-0.39, 0.29) is 30.9 Å². The Bertz CT molecular complexity index is 349. The third kappa shape index (κ3) is 4.08. The van der Waals surface area contributed by atoms with Gasteiger partial charge in [-0.1, -0.05) is 20.3 Å². The normalized spacial score (nSPS) is 29.7. The van der Waals surface area contributed by atoms with Crippen LogP contribution < -0.4 is 5.32 Å². The van der Waals surface area contributed by atoms with Crippen LogP contribution in [-0.4, -0.2) is 61.0 Å². The predicted molar refractivity (Wildman–Crippen MR) is 95.0 cm³/mol. The lowest BCUT2D eigenvalue weighted by Crippen LogP contribution is -2.52. The standard InChI is InChI=1S/C16H29N3O.2ClH/c1-12(2)15(18-6-4-3-5-7-18)16(20)19-10-13-8-17-9-14(13)11-19;;/h12-15,17H,3-11H2,1-2H3;2*1H/t13-,14+,15?;;. The van der Waals surface area contributed by atoms with Crippen molar-refractivity contribution in [2.75, 3.05) is 39.3 Å². The first-order valence-electron chi connectivity index (χ1n) is 8.40. The molecule has 0 saturated carbocycles. The average Bonchev–Trinajstić information content (AvgIpc) is 3.00. The maximum Gasteiger partial charge on any atom is 0.240 e. The summed E-state index contributed by atoms with van der Waals surface area (Å²) in [5.41, 5.74) is 0. The van der Waals surface area contributed by atoms with Crippen LogP contribution >= 0.6 is 24.8 Å². The summed E-state index contributed by atoms with van der Waals surface area (Å²) < 4.78 is 0. The van der Waals surface area contributed by atoms with Gasteiger partial charge in [-0.25, -0.2) is 0 Å². The molecule has 0 aromatic rings. The van der Waals surface area contributed by atoms with Crippen molar-refractivity contribution in [3.63, 3.8) is 0 Å². The molecular formula is C16H31Cl2N3O. The van der Waals surface area contributed by atoms with E-state index in [0.29, 0.717) is 23.7 Å². The molecule has 1 amide bonds. The van der Waals surface area contributed by atoms with E-state index < -0.39 is 0 Å². The minimum absolute atomic E-state index is 0. The first-order chi connectivity index (χ1) is 9.66. The molecule has 4 nitrogen and oxygen atoms in total. The van der Waals surface area contributed by atoms with Gasteiger partial charge in [-0.2, -0.15) is 0 Å². The van der Waals surface area contributed by atoms with Crippen LogP contribution in [0, 0.1) is 17.8 Å². The SMILES string of the molecule is CC(C)C(C(=O)N1C[C@H]2CNC[C@H]2C1)N1CCCCC1.Cl.Cl. The molecule has 1 unspecified atom stereocenters. The number of nitrogens with zero attached hydrogens (tertiary/aromatic N) is 2. The third-order valence-electron chi connectivity index (χ3n) is 5.37. The Balaban J connectivity index is 0.00000121. The first-order valence-corrected chi connectivity index (χ1v) is 8.40. The number of hydrogen-bond acceptors (Lipinski definition) is 3. The summed E-state index contributed by atoms with van der Waals surface area (Å²) in [6.45, 7) is 10.8. The fourth-order valence-electron chi connectivity index (χ4n) is 4.28. The highest BCUT2D eigenvalue weighted by Gasteiger charge is 2.41. The smallest absolute Gasteiger partial charge is 0.240 e. The molecule has 3 atom stereocenters. The molecule has 0 aromatic carbocycles. The van der Waals surface area contributed by atoms with Gasteiger partial charge in [0.05, 0.1) is 6.04 Å². The van der Waals surface area contributed by atoms with Crippen molar-refractivity contribution in [1.82, 2.24) is 15.1 Å². The highest BCUT2D eigenvalue weighted by molar-refractivity contribution is 5.85. The number of likely N-dealkylation sites (tertiary alicyclic amines) is 2. The zero-order valence-corrected chi connectivity index (χ0v) is 15.4. The van der Waals surface area contributed by atoms with Crippen LogP contribution in [0.4, 0.5) is 0 Å². The molecule has 3 rings (SSSR count). The van der Waals surface area contributed by atoms with Crippen molar-refractivity contribution in [2.45, 2.75) is 39.2 Å². The Morgan fingerprint density at radius 2 is 1.55 bits per heavy atom. The molecule has 0 bridgehead atoms. The van der Waals surface area contributed by atoms with Crippen molar-refractivity contribution in [3.8, 4) is 0 Å². The molecule has 3 heterocycles. The van der Waals surface area contributed by atoms with Crippen LogP contribution in [0.5, 0.6) is 0 Å². The van der Waals surface area contributed by atoms with Gasteiger partial charge in [0.25, 0.3) is 0 Å². The van der Waals surface area contributed by atoms with Crippen molar-refractivity contribution >= 4 is 30.7 Å². The van der Waals surface area contributed by atoms with E-state index in [1.807, 2.05) is 0 Å². The lowest BCUT2D eigenvalue weighted by atomic mass is 9.98. The van der Waals surface area contributed by atoms with Crippen molar-refractivity contribution < 1.29 is 4.79 Å². The Morgan fingerprint density at radius 1 is 1.00 bits per heavy atom. The highest BCUT2D eigenvalue weighted by Crippen LogP contribution is 2.28. The van der Waals surface area contributed by atoms with Crippen molar-refractivity contribution in [2.24, 2.45) is 17.8 Å². The molecule has 0 aromatic heterocycles. The van der Waals surface area contributed by atoms with Gasteiger partial charge in [0.1, 0.15) is 0 Å². The van der Waals surface area contributed by atoms with Crippen LogP contribution in [-0.2, 0) is 4.79 Å². The molecule has 0 spiro atoms. The fraction of sp³-hybridized carbons (Fsp3) is 0.938. The van der Waals surface area contributed by atoms with Gasteiger partial charge >= 0.3 is 0 Å². The van der Waals surface area contributed by atoms with Crippen LogP contribution in [0.15, 0.2) is 0 Å². The molecule has 3 aliphatic rings. The van der Waals surface area contributed by atoms with E-state index in [1.165, 1.54) is 19.3 Å². The number of hydrogen-bond donors (Lipinski definition) is 1. The number of piperidine rings is 1. The number of amides is 1. The summed E-state index contributed by atoms with van der Waals surface area (Å²) >= 11 is 0. The molecular weight excluding hydrogens is 321 g/mol. The maximum absolute atomic E-state index is 13.0. The van der Waals surface area contributed by atoms with Crippen LogP contribution in [0.25, 0.3) is 0 Å². The Hall–Kier alpha value is -0.0300. The van der Waals surface area contributed by atoms with E-state index in [9.17, 15) is 4.79 Å². The fourth-order valence-corrected chi connectivity index (χ4v) is 4.28. The largest absolute Gasteiger partial charge is 0.341 e. The van der Waals surface area contributed by atoms with Crippen LogP contribution in [0.1, 0.15) is 33.1 Å². The maximum atomic E-state index is 13.0. The van der Waals surface area contributed by atoms with Crippen molar-refractivity contribution in [1.29, 1.82) is 0 Å². The summed E-state index contributed by atoms with van der Waals surface area (Å²) in [5.74, 6) is 2.22. The van der Waals surface area contributed by atoms with Crippen LogP contribution in [0.3, 0.4) is 0 Å². The van der Waals surface area contributed by atoms with Gasteiger partial charge in [0.15, 0.2) is 0 Å². The molecule has 3 aliphatic heterocycles. The third-order valence-corrected chi connectivity index (χ3v) is 5.37. The van der Waals surface area contributed by atoms with E-state index in [4.69, 9.17) is 0 Å². The number of carbonyl (C=O) groups is 1. The second-order valence-electron chi connectivity index (χ2n) is 7.21. The number of fused-ring (bicyclic) bond motifs is 1. The van der Waals surface area contributed by atoms with E-state index in [1.54, 1.807) is 0 Å². The molecule has 3 fully saturated rings. The van der Waals surface area contributed by atoms with Crippen molar-refractivity contribution in [3.05, 3.63) is 0 Å². The van der Waals surface area contributed by atoms with Gasteiger partial charge in [-0.3, -0.25) is 9.69 Å². The van der Waals surface area contributed by atoms with E-state index in [2.05, 4.69) is 29.0 Å². The zero-order valence-electron chi connectivity index (χ0n) is 13.8. The van der Waals surface area contributed by atoms with E-state index in [0.717, 1.165) is 39.3 Å². The second kappa shape index (κ2) is 8.72. The van der Waals surface area contributed by atoms with Gasteiger partial charge in [-0.15, -0.1) is 24.8 Å². The lowest BCUT2D eigenvalue weighted by Gasteiger charge is -2.38. The Labute approximate surface area is 147 Å². The average molecular weight is 352 g/mol. The summed E-state index contributed by atoms with van der Waals surface area (Å²) in [6, 6.07) is 0.113. The molecule has 3 saturated heterocycles. The molecule has 22 heavy (non-hydrogen) atoms. The molecule has 0 aliphatic carbocycles. The summed E-state index contributed by atoms with van der Waals surface area (Å²) in [7, 11) is 0. The zero-order chi connectivity index (χ0) is 14.1. The van der Waals surface area contributed by atoms with Gasteiger partial charge in [0, 0.05) is 26.2 Å². The lowest BCUT2D eigenvalue weighted by molar-refractivity contribution is -0.138. The molecule has 130 valence electrons. The molecule has 0 radical (unpaired) electrons. The minimum atomic E-state index is 0. The van der Waals surface area contributed by atoms with Gasteiger partial charge in [0.2, 0.25) is 5.91 Å². The highest BCUT2D eigenvalue weighted by atomic mass is 35.5. The minimum Gasteiger partial charge on any atom is -0.341 e. The number of nitrogens with one attached hydrogen (secondary N) is 1.